The van der Waals surface area contributed by atoms with Crippen LogP contribution in [0.4, 0.5) is 5.69 Å². The van der Waals surface area contributed by atoms with Gasteiger partial charge in [-0.15, -0.1) is 0 Å². The zero-order valence-electron chi connectivity index (χ0n) is 18.3. The number of aryl methyl sites for hydroxylation is 1. The summed E-state index contributed by atoms with van der Waals surface area (Å²) in [5.74, 6) is 3.04. The minimum absolute atomic E-state index is 0.126. The number of nitrogens with zero attached hydrogens (tertiary/aromatic N) is 1. The van der Waals surface area contributed by atoms with E-state index in [2.05, 4.69) is 48.8 Å². The maximum absolute atomic E-state index is 5.99. The van der Waals surface area contributed by atoms with Crippen molar-refractivity contribution in [2.24, 2.45) is 22.4 Å². The van der Waals surface area contributed by atoms with Gasteiger partial charge in [-0.1, -0.05) is 37.9 Å². The third kappa shape index (κ3) is 4.23. The normalized spacial score (nSPS) is 28.1. The fourth-order valence-corrected chi connectivity index (χ4v) is 5.95. The van der Waals surface area contributed by atoms with Gasteiger partial charge < -0.3 is 4.74 Å². The van der Waals surface area contributed by atoms with Crippen molar-refractivity contribution < 1.29 is 4.74 Å². The topological polar surface area (TPSA) is 33.6 Å². The molecule has 2 aliphatic rings. The average Bonchev–Trinajstić information content (AvgIpc) is 2.76. The van der Waals surface area contributed by atoms with E-state index in [9.17, 15) is 0 Å². The Labute approximate surface area is 185 Å². The Balaban J connectivity index is 1.54. The summed E-state index contributed by atoms with van der Waals surface area (Å²) < 4.78 is 5.46. The van der Waals surface area contributed by atoms with Crippen LogP contribution in [0.25, 0.3) is 0 Å². The lowest BCUT2D eigenvalue weighted by molar-refractivity contribution is 0.0783. The summed E-state index contributed by atoms with van der Waals surface area (Å²) in [6.07, 6.45) is 9.51. The van der Waals surface area contributed by atoms with Crippen molar-refractivity contribution in [3.63, 3.8) is 0 Å². The SMILES string of the molecule is CCC[C@H]1[C@@H]2CCc3cc(OC)ccc3[C@H]2CC[C@]1(C)/C=N/Nc1ccc(Cl)cc1. The van der Waals surface area contributed by atoms with Gasteiger partial charge in [0.05, 0.1) is 12.8 Å². The van der Waals surface area contributed by atoms with Gasteiger partial charge >= 0.3 is 0 Å². The van der Waals surface area contributed by atoms with E-state index in [1.54, 1.807) is 12.7 Å². The van der Waals surface area contributed by atoms with Gasteiger partial charge in [-0.3, -0.25) is 5.43 Å². The van der Waals surface area contributed by atoms with Gasteiger partial charge in [-0.25, -0.2) is 0 Å². The molecule has 4 atom stereocenters. The Bertz CT molecular complexity index is 894. The highest BCUT2D eigenvalue weighted by molar-refractivity contribution is 6.30. The monoisotopic (exact) mass is 424 g/mol. The molecule has 1 fully saturated rings. The summed E-state index contributed by atoms with van der Waals surface area (Å²) in [4.78, 5) is 0. The fourth-order valence-electron chi connectivity index (χ4n) is 5.83. The lowest BCUT2D eigenvalue weighted by Gasteiger charge is -2.50. The number of fused-ring (bicyclic) bond motifs is 3. The molecule has 1 N–H and O–H groups in total. The molecule has 0 heterocycles. The number of benzene rings is 2. The number of hydrogen-bond acceptors (Lipinski definition) is 3. The van der Waals surface area contributed by atoms with E-state index >= 15 is 0 Å². The second-order valence-corrected chi connectivity index (χ2v) is 9.63. The molecule has 0 saturated heterocycles. The molecule has 160 valence electrons. The lowest BCUT2D eigenvalue weighted by Crippen LogP contribution is -2.43. The van der Waals surface area contributed by atoms with E-state index in [0.717, 1.165) is 28.8 Å². The van der Waals surface area contributed by atoms with E-state index < -0.39 is 0 Å². The largest absolute Gasteiger partial charge is 0.497 e. The van der Waals surface area contributed by atoms with Gasteiger partial charge in [0.1, 0.15) is 5.75 Å². The maximum atomic E-state index is 5.99. The Morgan fingerprint density at radius 3 is 2.73 bits per heavy atom. The third-order valence-electron chi connectivity index (χ3n) is 7.37. The minimum atomic E-state index is 0.126. The van der Waals surface area contributed by atoms with E-state index in [4.69, 9.17) is 16.3 Å². The lowest BCUT2D eigenvalue weighted by atomic mass is 9.54. The molecule has 2 aromatic rings. The summed E-state index contributed by atoms with van der Waals surface area (Å²) in [7, 11) is 1.76. The van der Waals surface area contributed by atoms with Crippen LogP contribution in [-0.2, 0) is 6.42 Å². The predicted octanol–water partition coefficient (Wildman–Crippen LogP) is 7.31. The molecule has 0 unspecified atom stereocenters. The molecule has 30 heavy (non-hydrogen) atoms. The number of halogens is 1. The highest BCUT2D eigenvalue weighted by atomic mass is 35.5. The Morgan fingerprint density at radius 1 is 1.20 bits per heavy atom. The Morgan fingerprint density at radius 2 is 2.00 bits per heavy atom. The van der Waals surface area contributed by atoms with Crippen LogP contribution in [-0.4, -0.2) is 13.3 Å². The first-order valence-corrected chi connectivity index (χ1v) is 11.6. The predicted molar refractivity (Wildman–Crippen MR) is 127 cm³/mol. The first kappa shape index (κ1) is 21.2. The van der Waals surface area contributed by atoms with Crippen LogP contribution < -0.4 is 10.2 Å². The van der Waals surface area contributed by atoms with Gasteiger partial charge in [0.2, 0.25) is 0 Å². The smallest absolute Gasteiger partial charge is 0.119 e. The summed E-state index contributed by atoms with van der Waals surface area (Å²) in [5, 5.41) is 5.41. The molecule has 1 saturated carbocycles. The van der Waals surface area contributed by atoms with Crippen molar-refractivity contribution in [1.82, 2.24) is 0 Å². The second-order valence-electron chi connectivity index (χ2n) is 9.19. The highest BCUT2D eigenvalue weighted by Crippen LogP contribution is 2.55. The van der Waals surface area contributed by atoms with Crippen molar-refractivity contribution in [3.8, 4) is 5.75 Å². The summed E-state index contributed by atoms with van der Waals surface area (Å²) in [5.41, 5.74) is 7.36. The van der Waals surface area contributed by atoms with Gasteiger partial charge in [-0.05, 0) is 97.4 Å². The fraction of sp³-hybridized carbons (Fsp3) is 0.500. The van der Waals surface area contributed by atoms with Gasteiger partial charge in [-0.2, -0.15) is 5.10 Å². The number of rotatable bonds is 6. The Kier molecular flexibility index (Phi) is 6.38. The van der Waals surface area contributed by atoms with Crippen LogP contribution >= 0.6 is 11.6 Å². The first-order valence-electron chi connectivity index (χ1n) is 11.3. The van der Waals surface area contributed by atoms with Gasteiger partial charge in [0, 0.05) is 16.7 Å². The van der Waals surface area contributed by atoms with Crippen molar-refractivity contribution in [1.29, 1.82) is 0 Å². The van der Waals surface area contributed by atoms with Gasteiger partial charge in [0.15, 0.2) is 0 Å². The van der Waals surface area contributed by atoms with E-state index in [1.165, 1.54) is 37.7 Å². The number of ether oxygens (including phenoxy) is 1. The quantitative estimate of drug-likeness (QED) is 0.389. The summed E-state index contributed by atoms with van der Waals surface area (Å²) in [6, 6.07) is 14.4. The Hall–Kier alpha value is -2.00. The van der Waals surface area contributed by atoms with Crippen LogP contribution in [0.1, 0.15) is 63.0 Å². The van der Waals surface area contributed by atoms with E-state index in [-0.39, 0.29) is 5.41 Å². The molecule has 0 radical (unpaired) electrons. The maximum Gasteiger partial charge on any atom is 0.119 e. The minimum Gasteiger partial charge on any atom is -0.497 e. The molecule has 2 aromatic carbocycles. The van der Waals surface area contributed by atoms with Crippen molar-refractivity contribution >= 4 is 23.5 Å². The molecule has 0 aliphatic heterocycles. The van der Waals surface area contributed by atoms with Crippen molar-refractivity contribution in [2.75, 3.05) is 12.5 Å². The molecule has 2 aliphatic carbocycles. The van der Waals surface area contributed by atoms with Crippen molar-refractivity contribution in [2.45, 2.75) is 58.3 Å². The van der Waals surface area contributed by atoms with E-state index in [0.29, 0.717) is 11.8 Å². The van der Waals surface area contributed by atoms with Crippen LogP contribution in [0.2, 0.25) is 5.02 Å². The standard InChI is InChI=1S/C26H33ClN2O/c1-4-5-25-24-12-6-18-16-21(30-3)11-13-22(18)23(24)14-15-26(25,2)17-28-29-20-9-7-19(27)8-10-20/h7-11,13,16-17,23-25,29H,4-6,12,14-15H2,1-3H3/b28-17+/t23-,24-,25+,26-/m1/s1. The molecule has 0 amide bonds. The van der Waals surface area contributed by atoms with Crippen LogP contribution in [0.15, 0.2) is 47.6 Å². The molecule has 3 nitrogen and oxygen atoms in total. The highest BCUT2D eigenvalue weighted by Gasteiger charge is 2.47. The molecule has 0 spiro atoms. The molecular weight excluding hydrogens is 392 g/mol. The van der Waals surface area contributed by atoms with Crippen LogP contribution in [0, 0.1) is 17.3 Å². The second kappa shape index (κ2) is 9.01. The van der Waals surface area contributed by atoms with Gasteiger partial charge in [0.25, 0.3) is 0 Å². The third-order valence-corrected chi connectivity index (χ3v) is 7.62. The number of methoxy groups -OCH3 is 1. The molecule has 4 heteroatoms. The number of nitrogens with one attached hydrogen (secondary N) is 1. The molecule has 4 rings (SSSR count). The zero-order valence-corrected chi connectivity index (χ0v) is 19.1. The number of hydrazone groups is 1. The van der Waals surface area contributed by atoms with Crippen molar-refractivity contribution in [3.05, 3.63) is 58.6 Å². The molecule has 0 bridgehead atoms. The number of anilines is 1. The molecule has 0 aromatic heterocycles. The first-order chi connectivity index (χ1) is 14.5. The zero-order chi connectivity index (χ0) is 21.1. The summed E-state index contributed by atoms with van der Waals surface area (Å²) >= 11 is 5.99. The molecular formula is C26H33ClN2O. The summed E-state index contributed by atoms with van der Waals surface area (Å²) in [6.45, 7) is 4.73. The van der Waals surface area contributed by atoms with Crippen LogP contribution in [0.5, 0.6) is 5.75 Å². The van der Waals surface area contributed by atoms with Crippen LogP contribution in [0.3, 0.4) is 0 Å². The number of hydrogen-bond donors (Lipinski definition) is 1. The van der Waals surface area contributed by atoms with E-state index in [1.807, 2.05) is 24.3 Å². The average molecular weight is 425 g/mol.